The van der Waals surface area contributed by atoms with Crippen LogP contribution in [-0.2, 0) is 28.5 Å². The van der Waals surface area contributed by atoms with E-state index in [4.69, 9.17) is 18.9 Å². The Kier molecular flexibility index (Phi) is 6.13. The van der Waals surface area contributed by atoms with E-state index in [-0.39, 0.29) is 37.9 Å². The minimum Gasteiger partial charge on any atom is -0.466 e. The summed E-state index contributed by atoms with van der Waals surface area (Å²) < 4.78 is 23.5. The number of aliphatic hydroxyl groups is 3. The zero-order valence-corrected chi connectivity index (χ0v) is 22.1. The Bertz CT molecular complexity index is 921. The number of fused-ring (bicyclic) bond motifs is 3. The second kappa shape index (κ2) is 8.37. The van der Waals surface area contributed by atoms with Gasteiger partial charge in [-0.05, 0) is 58.8 Å². The van der Waals surface area contributed by atoms with E-state index in [0.29, 0.717) is 32.1 Å². The first-order valence-electron chi connectivity index (χ1n) is 13.5. The minimum absolute atomic E-state index is 0.167. The van der Waals surface area contributed by atoms with Crippen LogP contribution in [0.2, 0.25) is 0 Å². The van der Waals surface area contributed by atoms with Crippen molar-refractivity contribution in [2.75, 3.05) is 13.2 Å². The number of hydrogen-bond acceptors (Lipinski definition) is 9. The first-order chi connectivity index (χ1) is 16.7. The van der Waals surface area contributed by atoms with Crippen LogP contribution >= 0.6 is 0 Å². The molecule has 0 amide bonds. The van der Waals surface area contributed by atoms with Crippen LogP contribution in [0.1, 0.15) is 79.6 Å². The average Bonchev–Trinajstić information content (AvgIpc) is 3.02. The molecule has 9 nitrogen and oxygen atoms in total. The Morgan fingerprint density at radius 2 is 1.81 bits per heavy atom. The smallest absolute Gasteiger partial charge is 0.309 e. The van der Waals surface area contributed by atoms with Crippen LogP contribution in [-0.4, -0.2) is 75.8 Å². The summed E-state index contributed by atoms with van der Waals surface area (Å²) in [6.45, 7) is 9.11. The van der Waals surface area contributed by atoms with Crippen molar-refractivity contribution >= 4 is 11.9 Å². The summed E-state index contributed by atoms with van der Waals surface area (Å²) in [5.74, 6) is -2.99. The van der Waals surface area contributed by atoms with Gasteiger partial charge in [-0.15, -0.1) is 0 Å². The summed E-state index contributed by atoms with van der Waals surface area (Å²) in [5, 5.41) is 36.4. The lowest BCUT2D eigenvalue weighted by atomic mass is 9.40. The van der Waals surface area contributed by atoms with Crippen LogP contribution in [0.5, 0.6) is 0 Å². The molecule has 5 aliphatic rings. The van der Waals surface area contributed by atoms with Gasteiger partial charge in [0.25, 0.3) is 0 Å². The molecule has 1 spiro atoms. The standard InChI is InChI=1S/C27H42O9/c1-6-33-22(30)18-8-10-27(32)17-7-9-25(31)12-16(35-15(2)28)11-20-26(25,14-34-23(3,4)36-20)21(17)19(29)13-24(18,27)5/h16-21,29,31-32H,6-14H2,1-5H3/t16-,17-,18+,19-,20+,21+,24-,25+,26+,27+/m1/s1. The highest BCUT2D eigenvalue weighted by Crippen LogP contribution is 2.71. The van der Waals surface area contributed by atoms with Gasteiger partial charge in [-0.3, -0.25) is 9.59 Å². The second-order valence-corrected chi connectivity index (χ2v) is 12.7. The summed E-state index contributed by atoms with van der Waals surface area (Å²) in [6.07, 6.45) is 0.652. The van der Waals surface area contributed by atoms with Gasteiger partial charge in [0.1, 0.15) is 6.10 Å². The first kappa shape index (κ1) is 26.4. The predicted octanol–water partition coefficient (Wildman–Crippen LogP) is 2.08. The molecule has 1 heterocycles. The summed E-state index contributed by atoms with van der Waals surface area (Å²) >= 11 is 0. The number of ether oxygens (including phenoxy) is 4. The fourth-order valence-electron chi connectivity index (χ4n) is 9.19. The Morgan fingerprint density at radius 3 is 2.47 bits per heavy atom. The molecule has 4 saturated carbocycles. The largest absolute Gasteiger partial charge is 0.466 e. The molecule has 0 radical (unpaired) electrons. The van der Waals surface area contributed by atoms with Crippen molar-refractivity contribution in [1.82, 2.24) is 0 Å². The third kappa shape index (κ3) is 3.45. The van der Waals surface area contributed by atoms with Gasteiger partial charge in [0, 0.05) is 31.1 Å². The van der Waals surface area contributed by atoms with E-state index in [1.54, 1.807) is 6.92 Å². The zero-order chi connectivity index (χ0) is 26.3. The van der Waals surface area contributed by atoms with Crippen molar-refractivity contribution in [3.05, 3.63) is 0 Å². The highest BCUT2D eigenvalue weighted by atomic mass is 16.7. The van der Waals surface area contributed by atoms with Gasteiger partial charge >= 0.3 is 11.9 Å². The molecule has 1 aliphatic heterocycles. The van der Waals surface area contributed by atoms with Gasteiger partial charge in [-0.25, -0.2) is 0 Å². The highest BCUT2D eigenvalue weighted by molar-refractivity contribution is 5.74. The van der Waals surface area contributed by atoms with Gasteiger partial charge < -0.3 is 34.3 Å². The van der Waals surface area contributed by atoms with E-state index < -0.39 is 63.9 Å². The maximum absolute atomic E-state index is 12.9. The number of carbonyl (C=O) groups excluding carboxylic acids is 2. The number of rotatable bonds is 3. The molecule has 4 aliphatic carbocycles. The number of carbonyl (C=O) groups is 2. The lowest BCUT2D eigenvalue weighted by Crippen LogP contribution is -2.78. The molecule has 3 N–H and O–H groups in total. The molecule has 204 valence electrons. The molecule has 1 saturated heterocycles. The van der Waals surface area contributed by atoms with Crippen molar-refractivity contribution in [2.45, 2.75) is 115 Å². The van der Waals surface area contributed by atoms with Gasteiger partial charge in [0.2, 0.25) is 0 Å². The minimum atomic E-state index is -1.31. The number of esters is 2. The van der Waals surface area contributed by atoms with Gasteiger partial charge in [-0.2, -0.15) is 0 Å². The fraction of sp³-hybridized carbons (Fsp3) is 0.926. The van der Waals surface area contributed by atoms with Gasteiger partial charge in [0.15, 0.2) is 5.79 Å². The highest BCUT2D eigenvalue weighted by Gasteiger charge is 2.77. The predicted molar refractivity (Wildman–Crippen MR) is 126 cm³/mol. The molecule has 0 bridgehead atoms. The third-order valence-corrected chi connectivity index (χ3v) is 10.6. The topological polar surface area (TPSA) is 132 Å². The SMILES string of the molecule is CCOC(=O)[C@@H]1CC[C@]2(O)[C@@H]3CC[C@]4(O)C[C@H](OC(C)=O)C[C@@H]5OC(C)(C)OC[C@@]54[C@@H]3[C@H](O)C[C@]12C. The van der Waals surface area contributed by atoms with Crippen molar-refractivity contribution < 1.29 is 43.9 Å². The Labute approximate surface area is 212 Å². The van der Waals surface area contributed by atoms with E-state index in [9.17, 15) is 24.9 Å². The van der Waals surface area contributed by atoms with Crippen molar-refractivity contribution in [3.63, 3.8) is 0 Å². The molecule has 36 heavy (non-hydrogen) atoms. The summed E-state index contributed by atoms with van der Waals surface area (Å²) in [4.78, 5) is 24.7. The lowest BCUT2D eigenvalue weighted by molar-refractivity contribution is -0.401. The van der Waals surface area contributed by atoms with Crippen molar-refractivity contribution in [2.24, 2.45) is 28.6 Å². The van der Waals surface area contributed by atoms with Crippen LogP contribution in [0.3, 0.4) is 0 Å². The van der Waals surface area contributed by atoms with Crippen LogP contribution in [0.25, 0.3) is 0 Å². The zero-order valence-electron chi connectivity index (χ0n) is 22.1. The Morgan fingerprint density at radius 1 is 1.08 bits per heavy atom. The molecule has 5 rings (SSSR count). The molecule has 0 unspecified atom stereocenters. The van der Waals surface area contributed by atoms with Crippen LogP contribution in [0.4, 0.5) is 0 Å². The molecule has 5 fully saturated rings. The molecular formula is C27H42O9. The second-order valence-electron chi connectivity index (χ2n) is 12.7. The Hall–Kier alpha value is -1.26. The van der Waals surface area contributed by atoms with Crippen molar-refractivity contribution in [3.8, 4) is 0 Å². The first-order valence-corrected chi connectivity index (χ1v) is 13.5. The van der Waals surface area contributed by atoms with Crippen LogP contribution in [0, 0.1) is 28.6 Å². The monoisotopic (exact) mass is 510 g/mol. The van der Waals surface area contributed by atoms with Gasteiger partial charge in [-0.1, -0.05) is 6.92 Å². The molecule has 0 aromatic carbocycles. The summed E-state index contributed by atoms with van der Waals surface area (Å²) in [6, 6.07) is 0. The van der Waals surface area contributed by atoms with Crippen molar-refractivity contribution in [1.29, 1.82) is 0 Å². The maximum Gasteiger partial charge on any atom is 0.309 e. The van der Waals surface area contributed by atoms with E-state index in [1.165, 1.54) is 6.92 Å². The van der Waals surface area contributed by atoms with Crippen LogP contribution in [0.15, 0.2) is 0 Å². The average molecular weight is 511 g/mol. The molecule has 0 aromatic heterocycles. The quantitative estimate of drug-likeness (QED) is 0.488. The number of aliphatic hydroxyl groups excluding tert-OH is 1. The van der Waals surface area contributed by atoms with E-state index in [0.717, 1.165) is 0 Å². The molecule has 9 heteroatoms. The number of hydrogen-bond donors (Lipinski definition) is 3. The maximum atomic E-state index is 12.9. The summed E-state index contributed by atoms with van der Waals surface area (Å²) in [5.41, 5.74) is -4.33. The lowest BCUT2D eigenvalue weighted by Gasteiger charge is -2.70. The Balaban J connectivity index is 1.57. The third-order valence-electron chi connectivity index (χ3n) is 10.6. The van der Waals surface area contributed by atoms with E-state index in [2.05, 4.69) is 0 Å². The molecule has 0 aromatic rings. The van der Waals surface area contributed by atoms with E-state index >= 15 is 0 Å². The van der Waals surface area contributed by atoms with Crippen LogP contribution < -0.4 is 0 Å². The fourth-order valence-corrected chi connectivity index (χ4v) is 9.19. The van der Waals surface area contributed by atoms with E-state index in [1.807, 2.05) is 20.8 Å². The summed E-state index contributed by atoms with van der Waals surface area (Å²) in [7, 11) is 0. The molecule has 10 atom stereocenters. The van der Waals surface area contributed by atoms with Gasteiger partial charge in [0.05, 0.1) is 48.0 Å². The normalized spacial score (nSPS) is 51.2. The molecular weight excluding hydrogens is 468 g/mol.